The van der Waals surface area contributed by atoms with Gasteiger partial charge in [0.15, 0.2) is 0 Å². The van der Waals surface area contributed by atoms with E-state index < -0.39 is 7.92 Å². The van der Waals surface area contributed by atoms with Crippen LogP contribution in [0.4, 0.5) is 0 Å². The number of rotatable bonds is 6. The first-order valence-corrected chi connectivity index (χ1v) is 12.7. The summed E-state index contributed by atoms with van der Waals surface area (Å²) in [5.74, 6) is 0. The highest BCUT2D eigenvalue weighted by Gasteiger charge is 2.20. The van der Waals surface area contributed by atoms with Gasteiger partial charge in [0.25, 0.3) is 0 Å². The Hall–Kier alpha value is -1.35. The quantitative estimate of drug-likeness (QED) is 0.345. The van der Waals surface area contributed by atoms with Crippen LogP contribution in [0.15, 0.2) is 78.9 Å². The summed E-state index contributed by atoms with van der Waals surface area (Å²) in [6.07, 6.45) is 7.23. The lowest BCUT2D eigenvalue weighted by Crippen LogP contribution is -2.22. The summed E-state index contributed by atoms with van der Waals surface area (Å²) in [6.45, 7) is 2.47. The first-order chi connectivity index (χ1) is 13.3. The molecule has 0 nitrogen and oxygen atoms in total. The van der Waals surface area contributed by atoms with Crippen LogP contribution in [0.1, 0.15) is 50.3 Å². The van der Waals surface area contributed by atoms with Gasteiger partial charge in [-0.3, -0.25) is 0 Å². The lowest BCUT2D eigenvalue weighted by Gasteiger charge is -2.30. The zero-order valence-corrected chi connectivity index (χ0v) is 18.0. The van der Waals surface area contributed by atoms with Gasteiger partial charge in [0, 0.05) is 0 Å². The maximum atomic E-state index is 2.47. The van der Waals surface area contributed by atoms with Crippen LogP contribution in [0.3, 0.4) is 0 Å². The third-order valence-corrected chi connectivity index (χ3v) is 10.0. The lowest BCUT2D eigenvalue weighted by atomic mass is 10.0. The topological polar surface area (TPSA) is 0 Å². The van der Waals surface area contributed by atoms with E-state index in [1.54, 1.807) is 10.9 Å². The molecule has 1 aliphatic carbocycles. The Morgan fingerprint density at radius 3 is 2.00 bits per heavy atom. The molecular formula is C25H29P2-. The second-order valence-corrected chi connectivity index (χ2v) is 11.8. The van der Waals surface area contributed by atoms with Crippen molar-refractivity contribution >= 4 is 32.4 Å². The van der Waals surface area contributed by atoms with Gasteiger partial charge >= 0.3 is 0 Å². The molecule has 4 rings (SSSR count). The molecule has 1 aliphatic rings. The monoisotopic (exact) mass is 391 g/mol. The van der Waals surface area contributed by atoms with Gasteiger partial charge in [0.1, 0.15) is 0 Å². The molecule has 3 aromatic carbocycles. The molecule has 0 aromatic heterocycles. The van der Waals surface area contributed by atoms with Gasteiger partial charge in [0.2, 0.25) is 0 Å². The Morgan fingerprint density at radius 1 is 0.815 bits per heavy atom. The minimum atomic E-state index is -0.481. The Labute approximate surface area is 167 Å². The fourth-order valence-corrected chi connectivity index (χ4v) is 8.85. The molecule has 140 valence electrons. The van der Waals surface area contributed by atoms with Crippen molar-refractivity contribution in [1.82, 2.24) is 0 Å². The van der Waals surface area contributed by atoms with Gasteiger partial charge in [-0.05, 0) is 42.7 Å². The summed E-state index contributed by atoms with van der Waals surface area (Å²) in [7, 11) is 0.584. The molecule has 0 aliphatic heterocycles. The van der Waals surface area contributed by atoms with E-state index in [1.807, 2.05) is 0 Å². The van der Waals surface area contributed by atoms with Crippen LogP contribution in [0, 0.1) is 0 Å². The van der Waals surface area contributed by atoms with Crippen LogP contribution in [0.25, 0.3) is 0 Å². The molecule has 0 saturated heterocycles. The van der Waals surface area contributed by atoms with Crippen LogP contribution in [0.2, 0.25) is 0 Å². The van der Waals surface area contributed by atoms with Gasteiger partial charge in [0.05, 0.1) is 0 Å². The first-order valence-electron chi connectivity index (χ1n) is 10.2. The number of benzene rings is 2. The van der Waals surface area contributed by atoms with E-state index in [1.165, 1.54) is 42.7 Å². The van der Waals surface area contributed by atoms with Crippen molar-refractivity contribution in [3.8, 4) is 0 Å². The lowest BCUT2D eigenvalue weighted by molar-refractivity contribution is 0.512. The van der Waals surface area contributed by atoms with Crippen molar-refractivity contribution in [2.45, 2.75) is 50.3 Å². The minimum Gasteiger partial charge on any atom is -0.213 e. The number of hydrogen-bond donors (Lipinski definition) is 0. The summed E-state index contributed by atoms with van der Waals surface area (Å²) < 4.78 is 0. The van der Waals surface area contributed by atoms with Crippen molar-refractivity contribution in [2.24, 2.45) is 0 Å². The molecule has 0 radical (unpaired) electrons. The Kier molecular flexibility index (Phi) is 6.49. The predicted molar refractivity (Wildman–Crippen MR) is 124 cm³/mol. The Morgan fingerprint density at radius 2 is 1.41 bits per heavy atom. The third kappa shape index (κ3) is 4.56. The van der Waals surface area contributed by atoms with Crippen molar-refractivity contribution < 1.29 is 0 Å². The Balaban J connectivity index is 1.66. The van der Waals surface area contributed by atoms with Gasteiger partial charge < -0.3 is 0 Å². The molecule has 3 aromatic rings. The van der Waals surface area contributed by atoms with E-state index in [9.17, 15) is 0 Å². The predicted octanol–water partition coefficient (Wildman–Crippen LogP) is 6.24. The molecule has 27 heavy (non-hydrogen) atoms. The molecule has 1 unspecified atom stereocenters. The fraction of sp³-hybridized carbons (Fsp3) is 0.320. The van der Waals surface area contributed by atoms with E-state index in [-0.39, 0.29) is 0 Å². The zero-order valence-electron chi connectivity index (χ0n) is 16.1. The van der Waals surface area contributed by atoms with Crippen LogP contribution < -0.4 is 15.9 Å². The third-order valence-electron chi connectivity index (χ3n) is 5.65. The SMILES string of the molecule is C[C@@H](PC1CCCCC1)[c-]1cccc1P(c1ccccc1)c1ccccc1. The second kappa shape index (κ2) is 9.23. The minimum absolute atomic E-state index is 0.481. The van der Waals surface area contributed by atoms with Gasteiger partial charge in [-0.1, -0.05) is 86.8 Å². The van der Waals surface area contributed by atoms with Gasteiger partial charge in [-0.25, -0.2) is 12.1 Å². The molecule has 0 bridgehead atoms. The fourth-order valence-electron chi connectivity index (χ4n) is 4.29. The maximum absolute atomic E-state index is 2.47. The van der Waals surface area contributed by atoms with E-state index in [4.69, 9.17) is 0 Å². The summed E-state index contributed by atoms with van der Waals surface area (Å²) in [5.41, 5.74) is 3.23. The van der Waals surface area contributed by atoms with E-state index in [0.29, 0.717) is 5.66 Å². The summed E-state index contributed by atoms with van der Waals surface area (Å²) in [6, 6.07) is 29.3. The molecule has 2 atom stereocenters. The second-order valence-electron chi connectivity index (χ2n) is 7.60. The summed E-state index contributed by atoms with van der Waals surface area (Å²) in [5, 5.41) is 4.48. The molecule has 1 fully saturated rings. The van der Waals surface area contributed by atoms with Crippen molar-refractivity contribution in [2.75, 3.05) is 0 Å². The Bertz CT molecular complexity index is 776. The van der Waals surface area contributed by atoms with Gasteiger partial charge in [-0.15, -0.1) is 19.4 Å². The smallest absolute Gasteiger partial charge is 0.0171 e. The molecule has 0 spiro atoms. The molecular weight excluding hydrogens is 362 g/mol. The maximum Gasteiger partial charge on any atom is -0.0171 e. The van der Waals surface area contributed by atoms with E-state index in [2.05, 4.69) is 85.8 Å². The van der Waals surface area contributed by atoms with Crippen molar-refractivity contribution in [1.29, 1.82) is 0 Å². The van der Waals surface area contributed by atoms with Gasteiger partial charge in [-0.2, -0.15) is 6.07 Å². The zero-order chi connectivity index (χ0) is 18.5. The van der Waals surface area contributed by atoms with E-state index in [0.717, 1.165) is 14.2 Å². The summed E-state index contributed by atoms with van der Waals surface area (Å²) in [4.78, 5) is 0. The van der Waals surface area contributed by atoms with Crippen molar-refractivity contribution in [3.63, 3.8) is 0 Å². The summed E-state index contributed by atoms with van der Waals surface area (Å²) >= 11 is 0. The van der Waals surface area contributed by atoms with Crippen molar-refractivity contribution in [3.05, 3.63) is 84.4 Å². The van der Waals surface area contributed by atoms with E-state index >= 15 is 0 Å². The largest absolute Gasteiger partial charge is 0.213 e. The molecule has 1 saturated carbocycles. The van der Waals surface area contributed by atoms with Crippen LogP contribution in [-0.4, -0.2) is 5.66 Å². The van der Waals surface area contributed by atoms with Crippen LogP contribution in [-0.2, 0) is 0 Å². The highest BCUT2D eigenvalue weighted by atomic mass is 31.1. The average Bonchev–Trinajstić information content (AvgIpc) is 3.20. The standard InChI is InChI=1S/C25H29P2/c1-20(26-21-12-5-2-6-13-21)24-18-11-19-25(24)27(22-14-7-3-8-15-22)23-16-9-4-10-17-23/h3-4,7-11,14-21,26H,2,5-6,12-13H2,1H3/q-1/t20-/m1/s1. The highest BCUT2D eigenvalue weighted by molar-refractivity contribution is 7.80. The normalized spacial score (nSPS) is 17.0. The molecule has 0 amide bonds. The molecule has 0 N–H and O–H groups in total. The van der Waals surface area contributed by atoms with Crippen LogP contribution >= 0.6 is 16.5 Å². The number of hydrogen-bond acceptors (Lipinski definition) is 0. The van der Waals surface area contributed by atoms with Crippen LogP contribution in [0.5, 0.6) is 0 Å². The molecule has 0 heterocycles. The molecule has 2 heteroatoms. The average molecular weight is 391 g/mol. The highest BCUT2D eigenvalue weighted by Crippen LogP contribution is 2.46. The first kappa shape index (κ1) is 19.0.